The van der Waals surface area contributed by atoms with Gasteiger partial charge in [0.05, 0.1) is 29.8 Å². The van der Waals surface area contributed by atoms with Gasteiger partial charge in [0, 0.05) is 30.1 Å². The van der Waals surface area contributed by atoms with E-state index in [2.05, 4.69) is 72.2 Å². The van der Waals surface area contributed by atoms with E-state index in [9.17, 15) is 4.79 Å². The van der Waals surface area contributed by atoms with Crippen molar-refractivity contribution in [2.24, 2.45) is 11.8 Å². The molecule has 2 aromatic heterocycles. The predicted octanol–water partition coefficient (Wildman–Crippen LogP) is 9.18. The van der Waals surface area contributed by atoms with Gasteiger partial charge in [0.25, 0.3) is 0 Å². The van der Waals surface area contributed by atoms with Crippen LogP contribution in [0.2, 0.25) is 0 Å². The van der Waals surface area contributed by atoms with Crippen LogP contribution in [0.4, 0.5) is 4.79 Å². The van der Waals surface area contributed by atoms with E-state index in [1.165, 1.54) is 65.5 Å². The van der Waals surface area contributed by atoms with E-state index in [1.807, 2.05) is 38.1 Å². The maximum Gasteiger partial charge on any atom is 0.410 e. The third-order valence-corrected chi connectivity index (χ3v) is 11.2. The van der Waals surface area contributed by atoms with E-state index < -0.39 is 5.60 Å². The van der Waals surface area contributed by atoms with Gasteiger partial charge in [-0.05, 0) is 106 Å². The lowest BCUT2D eigenvalue weighted by atomic mass is 9.82. The average molecular weight is 633 g/mol. The van der Waals surface area contributed by atoms with Gasteiger partial charge in [0.15, 0.2) is 0 Å². The number of H-pyrrole nitrogens is 2. The lowest BCUT2D eigenvalue weighted by Gasteiger charge is -2.27. The highest BCUT2D eigenvalue weighted by molar-refractivity contribution is 5.80. The number of carbonyl (C=O) groups is 1. The van der Waals surface area contributed by atoms with Crippen LogP contribution in [-0.4, -0.2) is 55.0 Å². The van der Waals surface area contributed by atoms with Gasteiger partial charge < -0.3 is 14.7 Å². The number of hydrogen-bond donors (Lipinski definition) is 2. The number of aromatic amines is 2. The smallest absolute Gasteiger partial charge is 0.410 e. The maximum absolute atomic E-state index is 13.1. The van der Waals surface area contributed by atoms with Gasteiger partial charge in [-0.25, -0.2) is 14.8 Å². The van der Waals surface area contributed by atoms with Crippen LogP contribution in [0, 0.1) is 11.8 Å². The summed E-state index contributed by atoms with van der Waals surface area (Å²) in [6.07, 6.45) is 10.7. The van der Waals surface area contributed by atoms with E-state index in [0.717, 1.165) is 35.4 Å². The van der Waals surface area contributed by atoms with Crippen molar-refractivity contribution in [2.75, 3.05) is 13.6 Å². The Hall–Kier alpha value is -3.91. The van der Waals surface area contributed by atoms with E-state index in [4.69, 9.17) is 14.7 Å². The van der Waals surface area contributed by atoms with Crippen molar-refractivity contribution in [3.63, 3.8) is 0 Å². The molecule has 246 valence electrons. The van der Waals surface area contributed by atoms with Crippen molar-refractivity contribution < 1.29 is 9.53 Å². The molecule has 1 saturated carbocycles. The molecule has 4 aromatic rings. The molecular weight excluding hydrogens is 584 g/mol. The standard InChI is InChI=1S/C39H48N6O2/c1-22-7-8-26(17-22)36-40-19-29(42-36)25-11-9-24(10-12-25)27-13-14-28(35-32-16-15-31(34(27)35)44(32)6)30-20-41-37(43-30)33-18-23(2)21-45(33)38(46)47-39(3,4)5/h9-14,19-20,22-23,26,31-33H,7-8,15-18,21H2,1-6H3,(H,40,42)(H,41,43)/t22-,23+,26-,31?,32?,33-/m0/s1. The first kappa shape index (κ1) is 30.4. The van der Waals surface area contributed by atoms with Crippen LogP contribution in [0.25, 0.3) is 33.6 Å². The summed E-state index contributed by atoms with van der Waals surface area (Å²) in [6.45, 7) is 11.0. The van der Waals surface area contributed by atoms with Crippen LogP contribution in [0.3, 0.4) is 0 Å². The normalized spacial score (nSPS) is 27.1. The Bertz CT molecular complexity index is 1800. The maximum atomic E-state index is 13.1. The third kappa shape index (κ3) is 5.38. The van der Waals surface area contributed by atoms with Gasteiger partial charge in [-0.3, -0.25) is 9.80 Å². The number of rotatable bonds is 5. The molecule has 8 nitrogen and oxygen atoms in total. The fraction of sp³-hybridized carbons (Fsp3) is 0.513. The van der Waals surface area contributed by atoms with E-state index >= 15 is 0 Å². The number of nitrogens with one attached hydrogen (secondary N) is 2. The minimum Gasteiger partial charge on any atom is -0.444 e. The number of benzene rings is 2. The van der Waals surface area contributed by atoms with Gasteiger partial charge in [-0.1, -0.05) is 50.2 Å². The molecule has 2 N–H and O–H groups in total. The number of fused-ring (bicyclic) bond motifs is 5. The van der Waals surface area contributed by atoms with Crippen LogP contribution < -0.4 is 0 Å². The van der Waals surface area contributed by atoms with Crippen molar-refractivity contribution in [1.29, 1.82) is 0 Å². The Kier molecular flexibility index (Phi) is 7.35. The molecule has 2 unspecified atom stereocenters. The van der Waals surface area contributed by atoms with Gasteiger partial charge in [0.2, 0.25) is 0 Å². The summed E-state index contributed by atoms with van der Waals surface area (Å²) in [6, 6.07) is 14.3. The van der Waals surface area contributed by atoms with Crippen LogP contribution in [0.5, 0.6) is 0 Å². The summed E-state index contributed by atoms with van der Waals surface area (Å²) < 4.78 is 5.77. The van der Waals surface area contributed by atoms with Crippen LogP contribution in [0.15, 0.2) is 48.8 Å². The summed E-state index contributed by atoms with van der Waals surface area (Å²) in [5.41, 5.74) is 9.43. The Morgan fingerprint density at radius 2 is 1.40 bits per heavy atom. The molecule has 0 radical (unpaired) electrons. The Morgan fingerprint density at radius 3 is 2.11 bits per heavy atom. The van der Waals surface area contributed by atoms with Gasteiger partial charge in [-0.15, -0.1) is 0 Å². The second-order valence-corrected chi connectivity index (χ2v) is 15.8. The fourth-order valence-corrected chi connectivity index (χ4v) is 8.92. The van der Waals surface area contributed by atoms with Crippen molar-refractivity contribution in [2.45, 2.75) is 103 Å². The molecule has 2 aromatic carbocycles. The molecule has 3 aliphatic heterocycles. The van der Waals surface area contributed by atoms with Crippen molar-refractivity contribution in [3.8, 4) is 33.6 Å². The predicted molar refractivity (Wildman–Crippen MR) is 185 cm³/mol. The highest BCUT2D eigenvalue weighted by atomic mass is 16.6. The Balaban J connectivity index is 1.09. The fourth-order valence-electron chi connectivity index (χ4n) is 8.92. The SMILES string of the molecule is C[C@@H]1C[C@@H](c2ncc(-c3ccc(-c4ccc(-c5cnc([C@H]6CC[C@H](C)C6)[nH]5)cc4)c4c3C3CCC4N3C)[nH]2)N(C(=O)OC(C)(C)C)C1. The zero-order valence-corrected chi connectivity index (χ0v) is 28.6. The second kappa shape index (κ2) is 11.4. The first-order chi connectivity index (χ1) is 22.5. The minimum atomic E-state index is -0.535. The number of imidazole rings is 2. The Labute approximate surface area is 278 Å². The number of likely N-dealkylation sites (tertiary alicyclic amines) is 1. The molecule has 0 spiro atoms. The summed E-state index contributed by atoms with van der Waals surface area (Å²) in [5.74, 6) is 3.71. The zero-order chi connectivity index (χ0) is 32.6. The molecular formula is C39H48N6O2. The van der Waals surface area contributed by atoms with Crippen molar-refractivity contribution in [1.82, 2.24) is 29.7 Å². The summed E-state index contributed by atoms with van der Waals surface area (Å²) in [5, 5.41) is 0. The molecule has 4 aliphatic rings. The highest BCUT2D eigenvalue weighted by Gasteiger charge is 2.45. The number of ether oxygens (including phenoxy) is 1. The molecule has 8 rings (SSSR count). The minimum absolute atomic E-state index is 0.119. The number of aromatic nitrogens is 4. The lowest BCUT2D eigenvalue weighted by molar-refractivity contribution is 0.0214. The van der Waals surface area contributed by atoms with E-state index in [0.29, 0.717) is 30.5 Å². The summed E-state index contributed by atoms with van der Waals surface area (Å²) >= 11 is 0. The first-order valence-electron chi connectivity index (χ1n) is 17.6. The molecule has 1 aliphatic carbocycles. The molecule has 8 heteroatoms. The zero-order valence-electron chi connectivity index (χ0n) is 28.6. The monoisotopic (exact) mass is 632 g/mol. The lowest BCUT2D eigenvalue weighted by Crippen LogP contribution is -2.37. The number of carbonyl (C=O) groups excluding carboxylic acids is 1. The topological polar surface area (TPSA) is 90.1 Å². The van der Waals surface area contributed by atoms with Crippen LogP contribution in [-0.2, 0) is 4.74 Å². The quantitative estimate of drug-likeness (QED) is 0.229. The largest absolute Gasteiger partial charge is 0.444 e. The van der Waals surface area contributed by atoms with E-state index in [-0.39, 0.29) is 12.1 Å². The summed E-state index contributed by atoms with van der Waals surface area (Å²) in [4.78, 5) is 34.5. The highest BCUT2D eigenvalue weighted by Crippen LogP contribution is 2.57. The third-order valence-electron chi connectivity index (χ3n) is 11.2. The molecule has 2 saturated heterocycles. The van der Waals surface area contributed by atoms with Crippen LogP contribution >= 0.6 is 0 Å². The molecule has 47 heavy (non-hydrogen) atoms. The molecule has 2 bridgehead atoms. The number of amides is 1. The van der Waals surface area contributed by atoms with E-state index in [1.54, 1.807) is 0 Å². The van der Waals surface area contributed by atoms with Crippen LogP contribution in [0.1, 0.15) is 120 Å². The molecule has 1 amide bonds. The average Bonchev–Trinajstić information content (AvgIpc) is 3.88. The molecule has 5 heterocycles. The van der Waals surface area contributed by atoms with Gasteiger partial charge in [-0.2, -0.15) is 0 Å². The van der Waals surface area contributed by atoms with Crippen molar-refractivity contribution >= 4 is 6.09 Å². The number of nitrogens with zero attached hydrogens (tertiary/aromatic N) is 4. The second-order valence-electron chi connectivity index (χ2n) is 15.8. The van der Waals surface area contributed by atoms with Gasteiger partial charge >= 0.3 is 6.09 Å². The van der Waals surface area contributed by atoms with Crippen molar-refractivity contribution in [3.05, 3.63) is 71.6 Å². The molecule has 3 fully saturated rings. The number of hydrogen-bond acceptors (Lipinski definition) is 5. The Morgan fingerprint density at radius 1 is 0.766 bits per heavy atom. The van der Waals surface area contributed by atoms with Gasteiger partial charge in [0.1, 0.15) is 17.2 Å². The molecule has 6 atom stereocenters. The summed E-state index contributed by atoms with van der Waals surface area (Å²) in [7, 11) is 2.27. The first-order valence-corrected chi connectivity index (χ1v) is 17.6.